The molecule has 3 aromatic rings. The third-order valence-electron chi connectivity index (χ3n) is 5.32. The lowest BCUT2D eigenvalue weighted by atomic mass is 9.81. The fourth-order valence-electron chi connectivity index (χ4n) is 3.99. The van der Waals surface area contributed by atoms with Crippen LogP contribution in [0.15, 0.2) is 78.9 Å². The summed E-state index contributed by atoms with van der Waals surface area (Å²) in [7, 11) is 0. The molecule has 0 saturated carbocycles. The second-order valence-electron chi connectivity index (χ2n) is 6.62. The predicted molar refractivity (Wildman–Crippen MR) is 107 cm³/mol. The van der Waals surface area contributed by atoms with Crippen LogP contribution in [0.1, 0.15) is 30.5 Å². The minimum atomic E-state index is -0.420. The van der Waals surface area contributed by atoms with Crippen LogP contribution >= 0.6 is 0 Å². The van der Waals surface area contributed by atoms with Crippen molar-refractivity contribution in [2.24, 2.45) is 0 Å². The van der Waals surface area contributed by atoms with Gasteiger partial charge in [0.15, 0.2) is 0 Å². The normalized spacial score (nSPS) is 14.3. The van der Waals surface area contributed by atoms with E-state index in [9.17, 15) is 0 Å². The number of nitrogens with zero attached hydrogens (tertiary/aromatic N) is 1. The number of hydrogen-bond acceptors (Lipinski definition) is 3. The molecule has 0 amide bonds. The minimum absolute atomic E-state index is 0.420. The van der Waals surface area contributed by atoms with Crippen molar-refractivity contribution in [3.8, 4) is 11.1 Å². The van der Waals surface area contributed by atoms with E-state index >= 15 is 0 Å². The average molecular weight is 343 g/mol. The molecule has 0 unspecified atom stereocenters. The van der Waals surface area contributed by atoms with E-state index in [4.69, 9.17) is 0 Å². The molecule has 0 saturated heterocycles. The van der Waals surface area contributed by atoms with Gasteiger partial charge in [-0.1, -0.05) is 92.7 Å². The van der Waals surface area contributed by atoms with Crippen molar-refractivity contribution in [1.29, 1.82) is 0 Å². The van der Waals surface area contributed by atoms with E-state index in [-0.39, 0.29) is 0 Å². The van der Waals surface area contributed by atoms with Gasteiger partial charge in [-0.3, -0.25) is 0 Å². The maximum atomic E-state index is 3.70. The lowest BCUT2D eigenvalue weighted by Crippen LogP contribution is -2.56. The molecule has 0 aliphatic heterocycles. The van der Waals surface area contributed by atoms with Crippen LogP contribution in [0.5, 0.6) is 0 Å². The molecule has 26 heavy (non-hydrogen) atoms. The van der Waals surface area contributed by atoms with Gasteiger partial charge in [0.1, 0.15) is 5.54 Å². The zero-order valence-electron chi connectivity index (χ0n) is 15.4. The van der Waals surface area contributed by atoms with E-state index in [0.29, 0.717) is 0 Å². The highest BCUT2D eigenvalue weighted by Gasteiger charge is 2.44. The fraction of sp³-hybridized carbons (Fsp3) is 0.217. The summed E-state index contributed by atoms with van der Waals surface area (Å²) >= 11 is 0. The summed E-state index contributed by atoms with van der Waals surface area (Å²) in [5.74, 6) is 0. The van der Waals surface area contributed by atoms with Gasteiger partial charge in [0.05, 0.1) is 0 Å². The first kappa shape index (κ1) is 17.0. The predicted octanol–water partition coefficient (Wildman–Crippen LogP) is 4.31. The lowest BCUT2D eigenvalue weighted by molar-refractivity contribution is 0.143. The number of hydrazine groups is 2. The standard InChI is InChI=1S/C23H25N3/c1-3-26(4-2)25-24-23(18-12-6-5-7-13-18)21-16-10-8-14-19(21)20-15-9-11-17-22(20)23/h5-17,24-25H,3-4H2,1-2H3. The Bertz CT molecular complexity index is 839. The first-order valence-electron chi connectivity index (χ1n) is 9.34. The van der Waals surface area contributed by atoms with E-state index in [1.165, 1.54) is 27.8 Å². The van der Waals surface area contributed by atoms with Crippen molar-refractivity contribution in [2.45, 2.75) is 19.4 Å². The second kappa shape index (κ2) is 7.04. The molecular weight excluding hydrogens is 318 g/mol. The summed E-state index contributed by atoms with van der Waals surface area (Å²) < 4.78 is 0. The van der Waals surface area contributed by atoms with Crippen LogP contribution in [0.3, 0.4) is 0 Å². The Balaban J connectivity index is 1.94. The molecule has 0 atom stereocenters. The molecule has 132 valence electrons. The van der Waals surface area contributed by atoms with Gasteiger partial charge in [0.2, 0.25) is 0 Å². The molecule has 0 heterocycles. The van der Waals surface area contributed by atoms with Crippen LogP contribution in [0.4, 0.5) is 0 Å². The fourth-order valence-corrected chi connectivity index (χ4v) is 3.99. The molecule has 0 bridgehead atoms. The molecule has 0 spiro atoms. The minimum Gasteiger partial charge on any atom is -0.231 e. The molecule has 3 aromatic carbocycles. The summed E-state index contributed by atoms with van der Waals surface area (Å²) in [6, 6.07) is 28.1. The van der Waals surface area contributed by atoms with Crippen molar-refractivity contribution in [1.82, 2.24) is 16.0 Å². The van der Waals surface area contributed by atoms with Gasteiger partial charge in [-0.2, -0.15) is 5.53 Å². The van der Waals surface area contributed by atoms with Gasteiger partial charge in [-0.15, -0.1) is 0 Å². The summed E-state index contributed by atoms with van der Waals surface area (Å²) in [4.78, 5) is 0. The number of benzene rings is 3. The van der Waals surface area contributed by atoms with E-state index in [1.54, 1.807) is 0 Å². The van der Waals surface area contributed by atoms with Crippen molar-refractivity contribution < 1.29 is 0 Å². The molecule has 3 nitrogen and oxygen atoms in total. The van der Waals surface area contributed by atoms with Crippen LogP contribution in [0.25, 0.3) is 11.1 Å². The molecule has 0 aromatic heterocycles. The average Bonchev–Trinajstić information content (AvgIpc) is 3.01. The Hall–Kier alpha value is -2.46. The Labute approximate surface area is 155 Å². The van der Waals surface area contributed by atoms with E-state index in [0.717, 1.165) is 13.1 Å². The first-order chi connectivity index (χ1) is 12.8. The number of fused-ring (bicyclic) bond motifs is 3. The van der Waals surface area contributed by atoms with Crippen molar-refractivity contribution in [3.63, 3.8) is 0 Å². The zero-order valence-corrected chi connectivity index (χ0v) is 15.4. The molecule has 2 N–H and O–H groups in total. The Morgan fingerprint density at radius 1 is 0.692 bits per heavy atom. The van der Waals surface area contributed by atoms with Crippen molar-refractivity contribution in [2.75, 3.05) is 13.1 Å². The number of hydrogen-bond donors (Lipinski definition) is 2. The van der Waals surface area contributed by atoms with Crippen molar-refractivity contribution >= 4 is 0 Å². The SMILES string of the molecule is CCN(CC)NNC1(c2ccccc2)c2ccccc2-c2ccccc21. The van der Waals surface area contributed by atoms with Gasteiger partial charge in [0.25, 0.3) is 0 Å². The Kier molecular flexibility index (Phi) is 4.60. The van der Waals surface area contributed by atoms with Gasteiger partial charge < -0.3 is 0 Å². The van der Waals surface area contributed by atoms with Crippen LogP contribution in [-0.2, 0) is 5.54 Å². The Morgan fingerprint density at radius 2 is 1.19 bits per heavy atom. The maximum Gasteiger partial charge on any atom is 0.110 e. The molecule has 1 aliphatic carbocycles. The molecule has 1 aliphatic rings. The third-order valence-corrected chi connectivity index (χ3v) is 5.32. The summed E-state index contributed by atoms with van der Waals surface area (Å²) in [5.41, 5.74) is 13.1. The zero-order chi connectivity index (χ0) is 18.0. The van der Waals surface area contributed by atoms with E-state index in [1.807, 2.05) is 0 Å². The highest BCUT2D eigenvalue weighted by atomic mass is 15.7. The molecule has 0 radical (unpaired) electrons. The second-order valence-corrected chi connectivity index (χ2v) is 6.62. The third kappa shape index (κ3) is 2.56. The van der Waals surface area contributed by atoms with Crippen molar-refractivity contribution in [3.05, 3.63) is 95.6 Å². The summed E-state index contributed by atoms with van der Waals surface area (Å²) in [6.45, 7) is 6.17. The summed E-state index contributed by atoms with van der Waals surface area (Å²) in [6.07, 6.45) is 0. The maximum absolute atomic E-state index is 3.70. The highest BCUT2D eigenvalue weighted by Crippen LogP contribution is 2.50. The van der Waals surface area contributed by atoms with Gasteiger partial charge in [-0.05, 0) is 27.8 Å². The highest BCUT2D eigenvalue weighted by molar-refractivity contribution is 5.82. The van der Waals surface area contributed by atoms with Crippen LogP contribution < -0.4 is 11.0 Å². The largest absolute Gasteiger partial charge is 0.231 e. The van der Waals surface area contributed by atoms with Gasteiger partial charge in [-0.25, -0.2) is 10.4 Å². The smallest absolute Gasteiger partial charge is 0.110 e. The van der Waals surface area contributed by atoms with Crippen LogP contribution in [-0.4, -0.2) is 18.1 Å². The molecular formula is C23H25N3. The molecule has 3 heteroatoms. The van der Waals surface area contributed by atoms with E-state index < -0.39 is 5.54 Å². The Morgan fingerprint density at radius 3 is 1.73 bits per heavy atom. The van der Waals surface area contributed by atoms with Gasteiger partial charge >= 0.3 is 0 Å². The number of rotatable bonds is 6. The quantitative estimate of drug-likeness (QED) is 0.653. The first-order valence-corrected chi connectivity index (χ1v) is 9.34. The van der Waals surface area contributed by atoms with E-state index in [2.05, 4.69) is 109 Å². The lowest BCUT2D eigenvalue weighted by Gasteiger charge is -2.36. The monoisotopic (exact) mass is 343 g/mol. The molecule has 4 rings (SSSR count). The topological polar surface area (TPSA) is 27.3 Å². The van der Waals surface area contributed by atoms with Crippen LogP contribution in [0, 0.1) is 0 Å². The molecule has 0 fully saturated rings. The van der Waals surface area contributed by atoms with Crippen LogP contribution in [0.2, 0.25) is 0 Å². The number of nitrogens with one attached hydrogen (secondary N) is 2. The summed E-state index contributed by atoms with van der Waals surface area (Å²) in [5, 5.41) is 2.17. The van der Waals surface area contributed by atoms with Gasteiger partial charge in [0, 0.05) is 13.1 Å².